The molecule has 94 valence electrons. The number of fused-ring (bicyclic) bond motifs is 2. The van der Waals surface area contributed by atoms with Gasteiger partial charge in [0, 0.05) is 18.6 Å². The van der Waals surface area contributed by atoms with Gasteiger partial charge in [0.1, 0.15) is 0 Å². The third-order valence-corrected chi connectivity index (χ3v) is 5.21. The second-order valence-corrected chi connectivity index (χ2v) is 7.51. The molecule has 1 heteroatoms. The van der Waals surface area contributed by atoms with E-state index < -0.39 is 0 Å². The van der Waals surface area contributed by atoms with Gasteiger partial charge < -0.3 is 0 Å². The van der Waals surface area contributed by atoms with E-state index in [1.165, 1.54) is 19.5 Å². The molecule has 2 bridgehead atoms. The fraction of sp³-hybridized carbons (Fsp3) is 1.00. The van der Waals surface area contributed by atoms with Crippen LogP contribution in [0, 0.1) is 29.6 Å². The Morgan fingerprint density at radius 1 is 1.00 bits per heavy atom. The number of nitrogens with zero attached hydrogens (tertiary/aromatic N) is 1. The highest BCUT2D eigenvalue weighted by molar-refractivity contribution is 5.01. The Hall–Kier alpha value is -0.0400. The summed E-state index contributed by atoms with van der Waals surface area (Å²) in [7, 11) is 0. The van der Waals surface area contributed by atoms with E-state index >= 15 is 0 Å². The van der Waals surface area contributed by atoms with Crippen LogP contribution in [0.5, 0.6) is 0 Å². The lowest BCUT2D eigenvalue weighted by Crippen LogP contribution is -2.61. The molecule has 1 nitrogen and oxygen atoms in total. The van der Waals surface area contributed by atoms with Crippen molar-refractivity contribution in [1.82, 2.24) is 4.90 Å². The average molecular weight is 223 g/mol. The highest BCUT2D eigenvalue weighted by Crippen LogP contribution is 2.51. The predicted molar refractivity (Wildman–Crippen MR) is 70.4 cm³/mol. The van der Waals surface area contributed by atoms with Crippen molar-refractivity contribution in [1.29, 1.82) is 0 Å². The van der Waals surface area contributed by atoms with Crippen LogP contribution in [0.2, 0.25) is 0 Å². The largest absolute Gasteiger partial charge is 0.298 e. The summed E-state index contributed by atoms with van der Waals surface area (Å²) in [5, 5.41) is 0. The van der Waals surface area contributed by atoms with Crippen LogP contribution in [0.4, 0.5) is 0 Å². The molecule has 0 spiro atoms. The average Bonchev–Trinajstić information content (AvgIpc) is 2.16. The van der Waals surface area contributed by atoms with Crippen molar-refractivity contribution < 1.29 is 0 Å². The molecule has 0 N–H and O–H groups in total. The molecule has 2 heterocycles. The molecule has 2 saturated heterocycles. The van der Waals surface area contributed by atoms with E-state index in [0.717, 1.165) is 29.6 Å². The monoisotopic (exact) mass is 223 g/mol. The van der Waals surface area contributed by atoms with Crippen LogP contribution in [0.1, 0.15) is 48.0 Å². The Kier molecular flexibility index (Phi) is 3.11. The molecule has 3 fully saturated rings. The first kappa shape index (κ1) is 12.4. The summed E-state index contributed by atoms with van der Waals surface area (Å²) in [6.07, 6.45) is 1.51. The molecule has 1 saturated carbocycles. The molecule has 1 aliphatic carbocycles. The molecule has 0 amide bonds. The number of piperidine rings is 2. The van der Waals surface area contributed by atoms with Crippen molar-refractivity contribution in [2.45, 2.75) is 53.5 Å². The third kappa shape index (κ3) is 2.03. The van der Waals surface area contributed by atoms with Gasteiger partial charge in [-0.3, -0.25) is 4.90 Å². The van der Waals surface area contributed by atoms with E-state index in [1.54, 1.807) is 0 Å². The summed E-state index contributed by atoms with van der Waals surface area (Å²) in [5.74, 6) is 4.80. The van der Waals surface area contributed by atoms with Gasteiger partial charge >= 0.3 is 0 Å². The minimum absolute atomic E-state index is 0.378. The first-order valence-corrected chi connectivity index (χ1v) is 7.05. The minimum atomic E-state index is 0.378. The lowest BCUT2D eigenvalue weighted by molar-refractivity contribution is -0.104. The minimum Gasteiger partial charge on any atom is -0.298 e. The topological polar surface area (TPSA) is 3.24 Å². The highest BCUT2D eigenvalue weighted by atomic mass is 15.2. The van der Waals surface area contributed by atoms with Gasteiger partial charge in [0.25, 0.3) is 0 Å². The van der Waals surface area contributed by atoms with Gasteiger partial charge in [0.05, 0.1) is 0 Å². The second-order valence-electron chi connectivity index (χ2n) is 7.51. The second kappa shape index (κ2) is 4.01. The molecule has 3 rings (SSSR count). The maximum atomic E-state index is 2.70. The van der Waals surface area contributed by atoms with Gasteiger partial charge in [0.2, 0.25) is 0 Å². The van der Waals surface area contributed by atoms with Crippen LogP contribution in [0.3, 0.4) is 0 Å². The normalized spacial score (nSPS) is 37.3. The molecule has 3 unspecified atom stereocenters. The van der Waals surface area contributed by atoms with Gasteiger partial charge in [-0.1, -0.05) is 20.8 Å². The summed E-state index contributed by atoms with van der Waals surface area (Å²) in [6.45, 7) is 17.0. The van der Waals surface area contributed by atoms with Crippen molar-refractivity contribution >= 4 is 0 Å². The lowest BCUT2D eigenvalue weighted by atomic mass is 9.55. The summed E-state index contributed by atoms with van der Waals surface area (Å²) < 4.78 is 0. The molecule has 0 aromatic carbocycles. The van der Waals surface area contributed by atoms with Crippen molar-refractivity contribution in [2.75, 3.05) is 13.1 Å². The predicted octanol–water partition coefficient (Wildman–Crippen LogP) is 3.64. The Morgan fingerprint density at radius 3 is 1.88 bits per heavy atom. The van der Waals surface area contributed by atoms with Crippen LogP contribution < -0.4 is 0 Å². The highest BCUT2D eigenvalue weighted by Gasteiger charge is 2.50. The first-order chi connectivity index (χ1) is 7.30. The molecular weight excluding hydrogens is 194 g/mol. The van der Waals surface area contributed by atoms with Gasteiger partial charge in [0.15, 0.2) is 0 Å². The van der Waals surface area contributed by atoms with E-state index in [2.05, 4.69) is 46.4 Å². The molecule has 3 atom stereocenters. The zero-order valence-electron chi connectivity index (χ0n) is 12.0. The smallest absolute Gasteiger partial charge is 0.0125 e. The lowest BCUT2D eigenvalue weighted by Gasteiger charge is -2.59. The number of hydrogen-bond donors (Lipinski definition) is 0. The molecule has 0 aromatic rings. The zero-order chi connectivity index (χ0) is 12.1. The Morgan fingerprint density at radius 2 is 1.50 bits per heavy atom. The fourth-order valence-electron chi connectivity index (χ4n) is 3.78. The SMILES string of the molecule is CC(C)C(C)C1C2CC1CN(C(C)(C)C)C2. The van der Waals surface area contributed by atoms with Crippen molar-refractivity contribution in [3.8, 4) is 0 Å². The van der Waals surface area contributed by atoms with Crippen LogP contribution >= 0.6 is 0 Å². The molecule has 0 aromatic heterocycles. The number of rotatable bonds is 2. The van der Waals surface area contributed by atoms with Gasteiger partial charge in [-0.25, -0.2) is 0 Å². The summed E-state index contributed by atoms with van der Waals surface area (Å²) in [5.41, 5.74) is 0.378. The van der Waals surface area contributed by atoms with E-state index in [1.807, 2.05) is 0 Å². The number of hydrogen-bond acceptors (Lipinski definition) is 1. The Bertz CT molecular complexity index is 239. The van der Waals surface area contributed by atoms with Gasteiger partial charge in [-0.05, 0) is 56.8 Å². The Balaban J connectivity index is 1.98. The maximum Gasteiger partial charge on any atom is 0.0125 e. The van der Waals surface area contributed by atoms with E-state index in [4.69, 9.17) is 0 Å². The molecule has 2 aliphatic heterocycles. The quantitative estimate of drug-likeness (QED) is 0.691. The van der Waals surface area contributed by atoms with E-state index in [0.29, 0.717) is 5.54 Å². The van der Waals surface area contributed by atoms with Gasteiger partial charge in [-0.15, -0.1) is 0 Å². The summed E-state index contributed by atoms with van der Waals surface area (Å²) in [6, 6.07) is 0. The van der Waals surface area contributed by atoms with Crippen molar-refractivity contribution in [3.63, 3.8) is 0 Å². The van der Waals surface area contributed by atoms with Crippen molar-refractivity contribution in [2.24, 2.45) is 29.6 Å². The molecule has 0 radical (unpaired) electrons. The molecular formula is C15H29N. The van der Waals surface area contributed by atoms with Crippen LogP contribution in [-0.4, -0.2) is 23.5 Å². The first-order valence-electron chi connectivity index (χ1n) is 7.05. The zero-order valence-corrected chi connectivity index (χ0v) is 12.0. The van der Waals surface area contributed by atoms with Gasteiger partial charge in [-0.2, -0.15) is 0 Å². The molecule has 16 heavy (non-hydrogen) atoms. The Labute approximate surface area is 102 Å². The third-order valence-electron chi connectivity index (χ3n) is 5.21. The van der Waals surface area contributed by atoms with E-state index in [-0.39, 0.29) is 0 Å². The fourth-order valence-corrected chi connectivity index (χ4v) is 3.78. The summed E-state index contributed by atoms with van der Waals surface area (Å²) in [4.78, 5) is 2.70. The summed E-state index contributed by atoms with van der Waals surface area (Å²) >= 11 is 0. The maximum absolute atomic E-state index is 2.70. The van der Waals surface area contributed by atoms with Crippen molar-refractivity contribution in [3.05, 3.63) is 0 Å². The van der Waals surface area contributed by atoms with E-state index in [9.17, 15) is 0 Å². The van der Waals surface area contributed by atoms with Crippen LogP contribution in [-0.2, 0) is 0 Å². The molecule has 3 aliphatic rings. The van der Waals surface area contributed by atoms with Crippen LogP contribution in [0.25, 0.3) is 0 Å². The standard InChI is InChI=1S/C15H29N/c1-10(2)11(3)14-12-7-13(14)9-16(8-12)15(4,5)6/h10-14H,7-9H2,1-6H3. The van der Waals surface area contributed by atoms with Crippen LogP contribution in [0.15, 0.2) is 0 Å².